The lowest BCUT2D eigenvalue weighted by Crippen LogP contribution is -2.41. The van der Waals surface area contributed by atoms with Crippen LogP contribution in [0, 0.1) is 0 Å². The number of halogens is 1. The Balaban J connectivity index is 1.94. The van der Waals surface area contributed by atoms with Crippen molar-refractivity contribution >= 4 is 27.7 Å². The molecule has 2 unspecified atom stereocenters. The lowest BCUT2D eigenvalue weighted by molar-refractivity contribution is -0.132. The van der Waals surface area contributed by atoms with Gasteiger partial charge in [-0.1, -0.05) is 0 Å². The van der Waals surface area contributed by atoms with Crippen LogP contribution in [0.5, 0.6) is 0 Å². The maximum absolute atomic E-state index is 12.9. The summed E-state index contributed by atoms with van der Waals surface area (Å²) in [6, 6.07) is 3.73. The van der Waals surface area contributed by atoms with Crippen molar-refractivity contribution in [2.75, 3.05) is 38.4 Å². The second-order valence-electron chi connectivity index (χ2n) is 6.49. The van der Waals surface area contributed by atoms with Crippen LogP contribution in [0.2, 0.25) is 0 Å². The van der Waals surface area contributed by atoms with Crippen molar-refractivity contribution in [3.05, 3.63) is 22.8 Å². The van der Waals surface area contributed by atoms with E-state index in [-0.39, 0.29) is 12.0 Å². The number of pyridine rings is 1. The van der Waals surface area contributed by atoms with Gasteiger partial charge in [0.2, 0.25) is 0 Å². The Kier molecular flexibility index (Phi) is 9.53. The number of anilines is 1. The molecule has 1 aromatic heterocycles. The highest BCUT2D eigenvalue weighted by molar-refractivity contribution is 9.10. The molecule has 0 aromatic carbocycles. The predicted molar refractivity (Wildman–Crippen MR) is 104 cm³/mol. The number of aromatic nitrogens is 1. The van der Waals surface area contributed by atoms with Gasteiger partial charge in [-0.2, -0.15) is 0 Å². The van der Waals surface area contributed by atoms with Gasteiger partial charge in [-0.3, -0.25) is 9.69 Å². The summed E-state index contributed by atoms with van der Waals surface area (Å²) in [5.41, 5.74) is 0. The van der Waals surface area contributed by atoms with Gasteiger partial charge < -0.3 is 14.2 Å². The molecule has 1 saturated heterocycles. The third kappa shape index (κ3) is 6.95. The molecular weight excluding hydrogens is 400 g/mol. The number of carbonyl (C=O) groups excluding carboxylic acids is 1. The topological polar surface area (TPSA) is 60.9 Å². The third-order valence-corrected chi connectivity index (χ3v) is 4.86. The molecule has 0 spiro atoms. The predicted octanol–water partition coefficient (Wildman–Crippen LogP) is 3.58. The molecule has 0 saturated carbocycles. The van der Waals surface area contributed by atoms with Crippen molar-refractivity contribution < 1.29 is 19.0 Å². The summed E-state index contributed by atoms with van der Waals surface area (Å²) in [6.45, 7) is 4.31. The Morgan fingerprint density at radius 2 is 2.27 bits per heavy atom. The molecule has 0 bridgehead atoms. The van der Waals surface area contributed by atoms with Crippen LogP contribution >= 0.6 is 15.9 Å². The molecule has 0 aliphatic carbocycles. The summed E-state index contributed by atoms with van der Waals surface area (Å²) in [5, 5.41) is 0. The smallest absolute Gasteiger partial charge is 0.256 e. The van der Waals surface area contributed by atoms with Crippen LogP contribution in [0.1, 0.15) is 39.0 Å². The Bertz CT molecular complexity index is 535. The molecule has 1 amide bonds. The van der Waals surface area contributed by atoms with Crippen molar-refractivity contribution in [2.45, 2.75) is 51.2 Å². The van der Waals surface area contributed by atoms with Gasteiger partial charge in [-0.25, -0.2) is 4.98 Å². The summed E-state index contributed by atoms with van der Waals surface area (Å²) >= 11 is 3.38. The highest BCUT2D eigenvalue weighted by Crippen LogP contribution is 2.18. The first-order chi connectivity index (χ1) is 12.6. The molecule has 26 heavy (non-hydrogen) atoms. The molecule has 146 valence electrons. The maximum Gasteiger partial charge on any atom is 0.256 e. The number of unbranched alkanes of at least 4 members (excludes halogenated alkanes) is 1. The fourth-order valence-electron chi connectivity index (χ4n) is 2.86. The lowest BCUT2D eigenvalue weighted by Gasteiger charge is -2.27. The summed E-state index contributed by atoms with van der Waals surface area (Å²) in [5.74, 6) is 0.563. The van der Waals surface area contributed by atoms with Crippen LogP contribution in [0.3, 0.4) is 0 Å². The maximum atomic E-state index is 12.9. The molecular formula is C19H29BrN2O4. The number of rotatable bonds is 10. The van der Waals surface area contributed by atoms with Crippen molar-refractivity contribution in [3.63, 3.8) is 0 Å². The lowest BCUT2D eigenvalue weighted by atomic mass is 10.1. The summed E-state index contributed by atoms with van der Waals surface area (Å²) < 4.78 is 17.5. The van der Waals surface area contributed by atoms with E-state index in [1.165, 1.54) is 0 Å². The van der Waals surface area contributed by atoms with Gasteiger partial charge in [-0.05, 0) is 67.1 Å². The van der Waals surface area contributed by atoms with E-state index in [0.717, 1.165) is 43.2 Å². The van der Waals surface area contributed by atoms with Crippen molar-refractivity contribution in [1.82, 2.24) is 4.98 Å². The van der Waals surface area contributed by atoms with Gasteiger partial charge >= 0.3 is 0 Å². The van der Waals surface area contributed by atoms with E-state index in [9.17, 15) is 4.79 Å². The fourth-order valence-corrected chi connectivity index (χ4v) is 3.10. The van der Waals surface area contributed by atoms with Crippen LogP contribution < -0.4 is 4.90 Å². The molecule has 2 atom stereocenters. The molecule has 0 radical (unpaired) electrons. The van der Waals surface area contributed by atoms with Crippen LogP contribution in [-0.2, 0) is 19.0 Å². The molecule has 1 fully saturated rings. The first-order valence-electron chi connectivity index (χ1n) is 9.27. The summed E-state index contributed by atoms with van der Waals surface area (Å²) in [7, 11) is 1.68. The number of hydrogen-bond donors (Lipinski definition) is 0. The number of nitrogens with zero attached hydrogens (tertiary/aromatic N) is 2. The van der Waals surface area contributed by atoms with Crippen LogP contribution in [0.15, 0.2) is 22.8 Å². The first-order valence-corrected chi connectivity index (χ1v) is 10.1. The number of ether oxygens (including phenoxy) is 3. The minimum Gasteiger partial charge on any atom is -0.385 e. The van der Waals surface area contributed by atoms with Gasteiger partial charge in [0.1, 0.15) is 11.9 Å². The van der Waals surface area contributed by atoms with Crippen molar-refractivity contribution in [3.8, 4) is 0 Å². The number of amides is 1. The third-order valence-electron chi connectivity index (χ3n) is 4.39. The van der Waals surface area contributed by atoms with Gasteiger partial charge in [0.15, 0.2) is 0 Å². The molecule has 0 N–H and O–H groups in total. The largest absolute Gasteiger partial charge is 0.385 e. The average molecular weight is 429 g/mol. The summed E-state index contributed by atoms with van der Waals surface area (Å²) in [6.07, 6.45) is 6.26. The number of hydrogen-bond acceptors (Lipinski definition) is 5. The van der Waals surface area contributed by atoms with Gasteiger partial charge in [-0.15, -0.1) is 0 Å². The Morgan fingerprint density at radius 1 is 1.42 bits per heavy atom. The van der Waals surface area contributed by atoms with E-state index < -0.39 is 6.10 Å². The molecule has 6 nitrogen and oxygen atoms in total. The Labute approximate surface area is 164 Å². The number of carbonyl (C=O) groups is 1. The number of methoxy groups -OCH3 is 1. The van der Waals surface area contributed by atoms with Gasteiger partial charge in [0, 0.05) is 37.5 Å². The molecule has 1 aromatic rings. The first kappa shape index (κ1) is 21.3. The molecule has 1 aliphatic heterocycles. The van der Waals surface area contributed by atoms with Crippen molar-refractivity contribution in [2.24, 2.45) is 0 Å². The second-order valence-corrected chi connectivity index (χ2v) is 7.40. The minimum atomic E-state index is -0.534. The van der Waals surface area contributed by atoms with E-state index >= 15 is 0 Å². The Morgan fingerprint density at radius 3 is 2.92 bits per heavy atom. The minimum absolute atomic E-state index is 0.0759. The summed E-state index contributed by atoms with van der Waals surface area (Å²) in [4.78, 5) is 19.0. The van der Waals surface area contributed by atoms with E-state index in [4.69, 9.17) is 14.2 Å². The van der Waals surface area contributed by atoms with Crippen LogP contribution in [0.25, 0.3) is 0 Å². The van der Waals surface area contributed by atoms with E-state index in [1.807, 2.05) is 12.1 Å². The van der Waals surface area contributed by atoms with E-state index in [2.05, 4.69) is 20.9 Å². The highest BCUT2D eigenvalue weighted by atomic mass is 79.9. The normalized spacial score (nSPS) is 18.5. The molecule has 2 rings (SSSR count). The van der Waals surface area contributed by atoms with Gasteiger partial charge in [0.05, 0.1) is 12.7 Å². The van der Waals surface area contributed by atoms with Crippen molar-refractivity contribution in [1.29, 1.82) is 0 Å². The highest BCUT2D eigenvalue weighted by Gasteiger charge is 2.25. The SMILES string of the molecule is COCCCCN(C(=O)C(C)OCC1CCCCO1)c1ccc(Br)cn1. The van der Waals surface area contributed by atoms with E-state index in [1.54, 1.807) is 25.1 Å². The zero-order valence-corrected chi connectivity index (χ0v) is 17.2. The Hall–Kier alpha value is -1.02. The molecule has 7 heteroatoms. The zero-order chi connectivity index (χ0) is 18.8. The van der Waals surface area contributed by atoms with Crippen LogP contribution in [0.4, 0.5) is 5.82 Å². The fraction of sp³-hybridized carbons (Fsp3) is 0.684. The standard InChI is InChI=1S/C19H29BrN2O4/c1-15(26-14-17-7-3-5-12-25-17)19(23)22(10-4-6-11-24-2)18-9-8-16(20)13-21-18/h8-9,13,15,17H,3-7,10-12,14H2,1-2H3. The molecule has 1 aliphatic rings. The quantitative estimate of drug-likeness (QED) is 0.532. The zero-order valence-electron chi connectivity index (χ0n) is 15.7. The monoisotopic (exact) mass is 428 g/mol. The van der Waals surface area contributed by atoms with Gasteiger partial charge in [0.25, 0.3) is 5.91 Å². The van der Waals surface area contributed by atoms with Crippen LogP contribution in [-0.4, -0.2) is 56.6 Å². The molecule has 2 heterocycles. The second kappa shape index (κ2) is 11.6. The van der Waals surface area contributed by atoms with E-state index in [0.29, 0.717) is 25.6 Å². The average Bonchev–Trinajstić information content (AvgIpc) is 2.67.